The number of hydrogen-bond donors (Lipinski definition) is 0. The molecular formula is C28H16. The summed E-state index contributed by atoms with van der Waals surface area (Å²) in [5, 5.41) is 10.8. The van der Waals surface area contributed by atoms with E-state index in [2.05, 4.69) is 97.1 Å². The van der Waals surface area contributed by atoms with E-state index in [0.29, 0.717) is 0 Å². The van der Waals surface area contributed by atoms with Gasteiger partial charge in [0.1, 0.15) is 0 Å². The third-order valence-electron chi connectivity index (χ3n) is 6.37. The van der Waals surface area contributed by atoms with Crippen molar-refractivity contribution in [1.29, 1.82) is 0 Å². The van der Waals surface area contributed by atoms with Gasteiger partial charge in [0.2, 0.25) is 0 Å². The molecule has 0 fully saturated rings. The molecule has 0 heteroatoms. The third-order valence-corrected chi connectivity index (χ3v) is 6.37. The minimum Gasteiger partial charge on any atom is -0.0616 e. The first kappa shape index (κ1) is 14.4. The smallest absolute Gasteiger partial charge is 0.00137 e. The minimum atomic E-state index is 1.32. The zero-order chi connectivity index (χ0) is 18.2. The Morgan fingerprint density at radius 3 is 1.61 bits per heavy atom. The molecule has 0 N–H and O–H groups in total. The van der Waals surface area contributed by atoms with Crippen LogP contribution >= 0.6 is 0 Å². The van der Waals surface area contributed by atoms with Gasteiger partial charge in [0, 0.05) is 0 Å². The van der Waals surface area contributed by atoms with E-state index in [1.54, 1.807) is 0 Å². The van der Waals surface area contributed by atoms with Crippen molar-refractivity contribution in [2.24, 2.45) is 0 Å². The monoisotopic (exact) mass is 352 g/mol. The zero-order valence-corrected chi connectivity index (χ0v) is 15.2. The van der Waals surface area contributed by atoms with Gasteiger partial charge in [0.15, 0.2) is 0 Å². The molecule has 0 atom stereocenters. The van der Waals surface area contributed by atoms with Crippen LogP contribution in [0.2, 0.25) is 0 Å². The number of fused-ring (bicyclic) bond motifs is 10. The predicted molar refractivity (Wildman–Crippen MR) is 121 cm³/mol. The molecule has 28 heavy (non-hydrogen) atoms. The van der Waals surface area contributed by atoms with Crippen molar-refractivity contribution in [1.82, 2.24) is 0 Å². The van der Waals surface area contributed by atoms with Gasteiger partial charge in [-0.05, 0) is 65.3 Å². The third kappa shape index (κ3) is 1.62. The van der Waals surface area contributed by atoms with Gasteiger partial charge in [0.25, 0.3) is 0 Å². The normalized spacial score (nSPS) is 12.3. The lowest BCUT2D eigenvalue weighted by Crippen LogP contribution is -1.87. The molecular weight excluding hydrogens is 336 g/mol. The number of rotatable bonds is 0. The SMILES string of the molecule is c1cc2c3c(cccc3c1)-c1c-2ccc2c3ccccc3c3ccccc3c12. The molecule has 0 amide bonds. The molecule has 6 aromatic carbocycles. The van der Waals surface area contributed by atoms with Crippen molar-refractivity contribution in [2.45, 2.75) is 0 Å². The molecule has 7 rings (SSSR count). The Morgan fingerprint density at radius 1 is 0.321 bits per heavy atom. The fourth-order valence-electron chi connectivity index (χ4n) is 5.27. The highest BCUT2D eigenvalue weighted by Gasteiger charge is 2.24. The van der Waals surface area contributed by atoms with Gasteiger partial charge in [-0.25, -0.2) is 0 Å². The van der Waals surface area contributed by atoms with Crippen LogP contribution in [0.25, 0.3) is 65.3 Å². The van der Waals surface area contributed by atoms with Crippen LogP contribution in [-0.4, -0.2) is 0 Å². The van der Waals surface area contributed by atoms with E-state index in [-0.39, 0.29) is 0 Å². The largest absolute Gasteiger partial charge is 0.0616 e. The molecule has 0 saturated heterocycles. The van der Waals surface area contributed by atoms with Crippen LogP contribution in [0.5, 0.6) is 0 Å². The van der Waals surface area contributed by atoms with Crippen LogP contribution in [0.3, 0.4) is 0 Å². The lowest BCUT2D eigenvalue weighted by molar-refractivity contribution is 1.75. The molecule has 1 aliphatic rings. The molecule has 1 aliphatic carbocycles. The summed E-state index contributed by atoms with van der Waals surface area (Å²) in [4.78, 5) is 0. The summed E-state index contributed by atoms with van der Waals surface area (Å²) in [6, 6.07) is 35.7. The van der Waals surface area contributed by atoms with Gasteiger partial charge < -0.3 is 0 Å². The van der Waals surface area contributed by atoms with E-state index in [9.17, 15) is 0 Å². The van der Waals surface area contributed by atoms with Crippen LogP contribution in [0, 0.1) is 0 Å². The summed E-state index contributed by atoms with van der Waals surface area (Å²) in [6.45, 7) is 0. The second kappa shape index (κ2) is 4.99. The van der Waals surface area contributed by atoms with Crippen LogP contribution in [0.1, 0.15) is 0 Å². The molecule has 128 valence electrons. The van der Waals surface area contributed by atoms with E-state index in [0.717, 1.165) is 0 Å². The maximum atomic E-state index is 2.33. The molecule has 6 aromatic rings. The zero-order valence-electron chi connectivity index (χ0n) is 15.2. The average Bonchev–Trinajstić information content (AvgIpc) is 3.10. The summed E-state index contributed by atoms with van der Waals surface area (Å²) in [7, 11) is 0. The van der Waals surface area contributed by atoms with Crippen molar-refractivity contribution in [2.75, 3.05) is 0 Å². The molecule has 0 aliphatic heterocycles. The first-order valence-corrected chi connectivity index (χ1v) is 9.80. The highest BCUT2D eigenvalue weighted by molar-refractivity contribution is 6.32. The van der Waals surface area contributed by atoms with Crippen molar-refractivity contribution in [3.05, 3.63) is 97.1 Å². The average molecular weight is 352 g/mol. The van der Waals surface area contributed by atoms with Crippen molar-refractivity contribution in [3.63, 3.8) is 0 Å². The van der Waals surface area contributed by atoms with E-state index in [4.69, 9.17) is 0 Å². The first-order chi connectivity index (χ1) is 13.9. The fraction of sp³-hybridized carbons (Fsp3) is 0. The summed E-state index contributed by atoms with van der Waals surface area (Å²) >= 11 is 0. The lowest BCUT2D eigenvalue weighted by Gasteiger charge is -2.14. The van der Waals surface area contributed by atoms with Gasteiger partial charge in [-0.15, -0.1) is 0 Å². The summed E-state index contributed by atoms with van der Waals surface area (Å²) in [5.41, 5.74) is 5.49. The van der Waals surface area contributed by atoms with Gasteiger partial charge >= 0.3 is 0 Å². The molecule has 0 radical (unpaired) electrons. The van der Waals surface area contributed by atoms with Crippen LogP contribution in [0.4, 0.5) is 0 Å². The first-order valence-electron chi connectivity index (χ1n) is 9.80. The van der Waals surface area contributed by atoms with Gasteiger partial charge in [0.05, 0.1) is 0 Å². The van der Waals surface area contributed by atoms with E-state index in [1.165, 1.54) is 65.3 Å². The van der Waals surface area contributed by atoms with Gasteiger partial charge in [-0.1, -0.05) is 97.1 Å². The van der Waals surface area contributed by atoms with Gasteiger partial charge in [-0.2, -0.15) is 0 Å². The Balaban J connectivity index is 1.83. The summed E-state index contributed by atoms with van der Waals surface area (Å²) in [6.07, 6.45) is 0. The molecule has 0 bridgehead atoms. The summed E-state index contributed by atoms with van der Waals surface area (Å²) < 4.78 is 0. The Morgan fingerprint density at radius 2 is 0.893 bits per heavy atom. The highest BCUT2D eigenvalue weighted by Crippen LogP contribution is 2.52. The molecule has 0 heterocycles. The fourth-order valence-corrected chi connectivity index (χ4v) is 5.27. The molecule has 0 nitrogen and oxygen atoms in total. The molecule has 0 unspecified atom stereocenters. The topological polar surface area (TPSA) is 0 Å². The Bertz CT molecular complexity index is 1560. The van der Waals surface area contributed by atoms with E-state index < -0.39 is 0 Å². The summed E-state index contributed by atoms with van der Waals surface area (Å²) in [5.74, 6) is 0. The van der Waals surface area contributed by atoms with Crippen LogP contribution in [-0.2, 0) is 0 Å². The molecule has 0 aromatic heterocycles. The van der Waals surface area contributed by atoms with E-state index >= 15 is 0 Å². The van der Waals surface area contributed by atoms with Crippen LogP contribution in [0.15, 0.2) is 97.1 Å². The van der Waals surface area contributed by atoms with Crippen molar-refractivity contribution in [3.8, 4) is 22.3 Å². The second-order valence-electron chi connectivity index (χ2n) is 7.71. The minimum absolute atomic E-state index is 1.32. The van der Waals surface area contributed by atoms with Crippen molar-refractivity contribution < 1.29 is 0 Å². The van der Waals surface area contributed by atoms with Crippen LogP contribution < -0.4 is 0 Å². The van der Waals surface area contributed by atoms with Gasteiger partial charge in [-0.3, -0.25) is 0 Å². The Labute approximate surface area is 162 Å². The quantitative estimate of drug-likeness (QED) is 0.243. The maximum absolute atomic E-state index is 2.33. The molecule has 0 saturated carbocycles. The maximum Gasteiger partial charge on any atom is -0.00137 e. The number of hydrogen-bond acceptors (Lipinski definition) is 0. The standard InChI is InChI=1S/C28H16/c1-2-11-20-18(9-1)19-10-3-4-12-21(19)27-23(20)15-16-24-22-13-5-7-17-8-6-14-25(26(17)22)28(24)27/h1-16H. The second-order valence-corrected chi connectivity index (χ2v) is 7.71. The Hall–Kier alpha value is -3.64. The molecule has 0 spiro atoms. The predicted octanol–water partition coefficient (Wildman–Crippen LogP) is 7.95. The van der Waals surface area contributed by atoms with E-state index in [1.807, 2.05) is 0 Å². The van der Waals surface area contributed by atoms with Crippen molar-refractivity contribution >= 4 is 43.1 Å². The number of benzene rings is 6. The lowest BCUT2D eigenvalue weighted by atomic mass is 9.88. The highest BCUT2D eigenvalue weighted by atomic mass is 14.3. The Kier molecular flexibility index (Phi) is 2.57.